The van der Waals surface area contributed by atoms with Crippen molar-refractivity contribution in [2.75, 3.05) is 7.05 Å². The van der Waals surface area contributed by atoms with Crippen LogP contribution in [-0.2, 0) is 4.79 Å². The number of amides is 1. The van der Waals surface area contributed by atoms with E-state index in [4.69, 9.17) is 5.11 Å². The second-order valence-corrected chi connectivity index (χ2v) is 5.24. The molecule has 0 saturated carbocycles. The smallest absolute Gasteiger partial charge is 0.326 e. The van der Waals surface area contributed by atoms with E-state index in [1.54, 1.807) is 12.3 Å². The lowest BCUT2D eigenvalue weighted by Gasteiger charge is -2.21. The highest BCUT2D eigenvalue weighted by Gasteiger charge is 2.26. The molecule has 1 atom stereocenters. The van der Waals surface area contributed by atoms with Crippen LogP contribution in [0.4, 0.5) is 0 Å². The third-order valence-electron chi connectivity index (χ3n) is 3.80. The molecule has 2 aromatic rings. The van der Waals surface area contributed by atoms with Gasteiger partial charge in [0.15, 0.2) is 0 Å². The molecule has 0 aliphatic rings. The van der Waals surface area contributed by atoms with Gasteiger partial charge in [-0.15, -0.1) is 0 Å². The van der Waals surface area contributed by atoms with Crippen molar-refractivity contribution in [3.63, 3.8) is 0 Å². The Kier molecular flexibility index (Phi) is 4.30. The second kappa shape index (κ2) is 6.01. The summed E-state index contributed by atoms with van der Waals surface area (Å²) in [6.07, 6.45) is 1.69. The van der Waals surface area contributed by atoms with Crippen molar-refractivity contribution in [1.82, 2.24) is 14.5 Å². The molecular formula is C16H19N3O3. The second-order valence-electron chi connectivity index (χ2n) is 5.24. The predicted molar refractivity (Wildman–Crippen MR) is 82.2 cm³/mol. The van der Waals surface area contributed by atoms with Crippen LogP contribution in [0.25, 0.3) is 5.82 Å². The number of likely N-dealkylation sites (N-methyl/N-ethyl adjacent to an activating group) is 1. The molecule has 1 amide bonds. The molecule has 116 valence electrons. The number of rotatable bonds is 4. The Labute approximate surface area is 129 Å². The molecular weight excluding hydrogens is 282 g/mol. The molecule has 0 spiro atoms. The number of aliphatic carboxylic acids is 1. The molecule has 2 rings (SSSR count). The quantitative estimate of drug-likeness (QED) is 0.937. The average Bonchev–Trinajstić information content (AvgIpc) is 2.80. The van der Waals surface area contributed by atoms with Gasteiger partial charge in [0.2, 0.25) is 0 Å². The van der Waals surface area contributed by atoms with Gasteiger partial charge in [-0.1, -0.05) is 6.07 Å². The Morgan fingerprint density at radius 1 is 1.32 bits per heavy atom. The van der Waals surface area contributed by atoms with Gasteiger partial charge in [-0.3, -0.25) is 4.79 Å². The zero-order chi connectivity index (χ0) is 16.4. The number of carbonyl (C=O) groups excluding carboxylic acids is 1. The van der Waals surface area contributed by atoms with Crippen molar-refractivity contribution >= 4 is 11.9 Å². The minimum atomic E-state index is -1.03. The molecule has 6 nitrogen and oxygen atoms in total. The standard InChI is InChI=1S/C16H19N3O3/c1-10-9-13(15(20)18(4)12(3)16(21)22)11(2)19(10)14-7-5-6-8-17-14/h5-9,12H,1-4H3,(H,21,22). The van der Waals surface area contributed by atoms with Gasteiger partial charge in [0.1, 0.15) is 11.9 Å². The highest BCUT2D eigenvalue weighted by atomic mass is 16.4. The molecule has 0 saturated heterocycles. The summed E-state index contributed by atoms with van der Waals surface area (Å²) >= 11 is 0. The minimum Gasteiger partial charge on any atom is -0.480 e. The van der Waals surface area contributed by atoms with Crippen LogP contribution in [0.1, 0.15) is 28.7 Å². The summed E-state index contributed by atoms with van der Waals surface area (Å²) in [4.78, 5) is 29.1. The number of aromatic nitrogens is 2. The summed E-state index contributed by atoms with van der Waals surface area (Å²) in [6.45, 7) is 5.20. The van der Waals surface area contributed by atoms with E-state index in [0.29, 0.717) is 5.56 Å². The third-order valence-corrected chi connectivity index (χ3v) is 3.80. The Bertz CT molecular complexity index is 707. The van der Waals surface area contributed by atoms with E-state index in [-0.39, 0.29) is 5.91 Å². The van der Waals surface area contributed by atoms with Crippen LogP contribution in [-0.4, -0.2) is 44.5 Å². The molecule has 0 fully saturated rings. The van der Waals surface area contributed by atoms with Crippen LogP contribution in [0.15, 0.2) is 30.5 Å². The Hall–Kier alpha value is -2.63. The first kappa shape index (κ1) is 15.8. The summed E-state index contributed by atoms with van der Waals surface area (Å²) in [5, 5.41) is 9.05. The minimum absolute atomic E-state index is 0.315. The predicted octanol–water partition coefficient (Wildman–Crippen LogP) is 2.03. The summed E-state index contributed by atoms with van der Waals surface area (Å²) in [6, 6.07) is 6.44. The number of carboxylic acids is 1. The first-order valence-electron chi connectivity index (χ1n) is 6.95. The summed E-state index contributed by atoms with van der Waals surface area (Å²) in [5.41, 5.74) is 2.10. The Morgan fingerprint density at radius 2 is 2.00 bits per heavy atom. The van der Waals surface area contributed by atoms with Crippen LogP contribution in [0.3, 0.4) is 0 Å². The SMILES string of the molecule is Cc1cc(C(=O)N(C)C(C)C(=O)O)c(C)n1-c1ccccn1. The number of pyridine rings is 1. The van der Waals surface area contributed by atoms with Crippen LogP contribution in [0.5, 0.6) is 0 Å². The molecule has 0 aliphatic carbocycles. The molecule has 0 aliphatic heterocycles. The van der Waals surface area contributed by atoms with Crippen LogP contribution >= 0.6 is 0 Å². The van der Waals surface area contributed by atoms with Crippen LogP contribution in [0.2, 0.25) is 0 Å². The molecule has 1 unspecified atom stereocenters. The fourth-order valence-corrected chi connectivity index (χ4v) is 2.35. The van der Waals surface area contributed by atoms with Gasteiger partial charge in [-0.05, 0) is 39.0 Å². The lowest BCUT2D eigenvalue weighted by Crippen LogP contribution is -2.40. The monoisotopic (exact) mass is 301 g/mol. The fraction of sp³-hybridized carbons (Fsp3) is 0.312. The first-order chi connectivity index (χ1) is 10.3. The summed E-state index contributed by atoms with van der Waals surface area (Å²) in [7, 11) is 1.49. The van der Waals surface area contributed by atoms with Crippen molar-refractivity contribution in [2.24, 2.45) is 0 Å². The van der Waals surface area contributed by atoms with Crippen molar-refractivity contribution in [3.8, 4) is 5.82 Å². The van der Waals surface area contributed by atoms with Crippen LogP contribution < -0.4 is 0 Å². The maximum atomic E-state index is 12.5. The lowest BCUT2D eigenvalue weighted by atomic mass is 10.2. The van der Waals surface area contributed by atoms with Crippen molar-refractivity contribution < 1.29 is 14.7 Å². The zero-order valence-corrected chi connectivity index (χ0v) is 13.1. The molecule has 0 bridgehead atoms. The largest absolute Gasteiger partial charge is 0.480 e. The van der Waals surface area contributed by atoms with E-state index in [0.717, 1.165) is 17.2 Å². The molecule has 0 aromatic carbocycles. The summed E-state index contributed by atoms with van der Waals surface area (Å²) in [5.74, 6) is -0.620. The number of hydrogen-bond acceptors (Lipinski definition) is 3. The topological polar surface area (TPSA) is 75.4 Å². The van der Waals surface area contributed by atoms with Gasteiger partial charge < -0.3 is 14.6 Å². The van der Waals surface area contributed by atoms with Gasteiger partial charge in [0, 0.05) is 24.6 Å². The molecule has 6 heteroatoms. The maximum Gasteiger partial charge on any atom is 0.326 e. The maximum absolute atomic E-state index is 12.5. The number of nitrogens with zero attached hydrogens (tertiary/aromatic N) is 3. The number of hydrogen-bond donors (Lipinski definition) is 1. The number of aryl methyl sites for hydroxylation is 1. The van der Waals surface area contributed by atoms with Gasteiger partial charge in [-0.25, -0.2) is 9.78 Å². The molecule has 0 radical (unpaired) electrons. The zero-order valence-electron chi connectivity index (χ0n) is 13.1. The van der Waals surface area contributed by atoms with E-state index >= 15 is 0 Å². The van der Waals surface area contributed by atoms with Crippen molar-refractivity contribution in [2.45, 2.75) is 26.8 Å². The van der Waals surface area contributed by atoms with E-state index in [1.807, 2.05) is 36.6 Å². The molecule has 22 heavy (non-hydrogen) atoms. The number of carboxylic acid groups (broad SMARTS) is 1. The highest BCUT2D eigenvalue weighted by Crippen LogP contribution is 2.21. The van der Waals surface area contributed by atoms with E-state index in [9.17, 15) is 9.59 Å². The van der Waals surface area contributed by atoms with Crippen molar-refractivity contribution in [1.29, 1.82) is 0 Å². The van der Waals surface area contributed by atoms with E-state index < -0.39 is 12.0 Å². The van der Waals surface area contributed by atoms with Crippen LogP contribution in [0, 0.1) is 13.8 Å². The molecule has 1 N–H and O–H groups in total. The fourth-order valence-electron chi connectivity index (χ4n) is 2.35. The molecule has 2 heterocycles. The summed E-state index contributed by atoms with van der Waals surface area (Å²) < 4.78 is 1.88. The average molecular weight is 301 g/mol. The lowest BCUT2D eigenvalue weighted by molar-refractivity contribution is -0.141. The number of carbonyl (C=O) groups is 2. The Balaban J connectivity index is 2.43. The van der Waals surface area contributed by atoms with Gasteiger partial charge in [-0.2, -0.15) is 0 Å². The van der Waals surface area contributed by atoms with E-state index in [1.165, 1.54) is 18.9 Å². The normalized spacial score (nSPS) is 12.0. The van der Waals surface area contributed by atoms with Crippen molar-refractivity contribution in [3.05, 3.63) is 47.4 Å². The van der Waals surface area contributed by atoms with Gasteiger partial charge in [0.05, 0.1) is 5.56 Å². The van der Waals surface area contributed by atoms with Gasteiger partial charge in [0.25, 0.3) is 5.91 Å². The first-order valence-corrected chi connectivity index (χ1v) is 6.95. The van der Waals surface area contributed by atoms with Gasteiger partial charge >= 0.3 is 5.97 Å². The molecule has 2 aromatic heterocycles. The third kappa shape index (κ3) is 2.72. The Morgan fingerprint density at radius 3 is 2.55 bits per heavy atom. The van der Waals surface area contributed by atoms with E-state index in [2.05, 4.69) is 4.98 Å². The highest BCUT2D eigenvalue weighted by molar-refractivity contribution is 5.97.